The van der Waals surface area contributed by atoms with Gasteiger partial charge in [-0.1, -0.05) is 0 Å². The first-order chi connectivity index (χ1) is 16.6. The summed E-state index contributed by atoms with van der Waals surface area (Å²) in [5.74, 6) is -2.76. The van der Waals surface area contributed by atoms with E-state index in [1.807, 2.05) is 30.9 Å². The molecular formula is C22H24F3N7O3. The lowest BCUT2D eigenvalue weighted by atomic mass is 9.90. The summed E-state index contributed by atoms with van der Waals surface area (Å²) in [6.07, 6.45) is 2.75. The first-order valence-electron chi connectivity index (χ1n) is 10.7. The number of aromatic nitrogens is 5. The zero-order valence-corrected chi connectivity index (χ0v) is 18.9. The molecule has 13 heteroatoms. The Bertz CT molecular complexity index is 1370. The van der Waals surface area contributed by atoms with Crippen molar-refractivity contribution >= 4 is 33.9 Å². The number of nitrogens with zero attached hydrogens (tertiary/aromatic N) is 4. The van der Waals surface area contributed by atoms with Gasteiger partial charge in [-0.2, -0.15) is 13.2 Å². The Hall–Kier alpha value is -3.71. The second-order valence-corrected chi connectivity index (χ2v) is 8.17. The van der Waals surface area contributed by atoms with E-state index in [4.69, 9.17) is 25.4 Å². The molecular weight excluding hydrogens is 467 g/mol. The Balaban J connectivity index is 0.000000364. The number of ether oxygens (including phenoxy) is 1. The first-order valence-corrected chi connectivity index (χ1v) is 10.7. The zero-order chi connectivity index (χ0) is 25.3. The molecule has 0 aromatic carbocycles. The van der Waals surface area contributed by atoms with Crippen LogP contribution in [0.2, 0.25) is 0 Å². The number of pyridine rings is 2. The molecule has 0 saturated heterocycles. The van der Waals surface area contributed by atoms with Crippen LogP contribution in [0.3, 0.4) is 0 Å². The van der Waals surface area contributed by atoms with Gasteiger partial charge in [0.15, 0.2) is 5.65 Å². The Morgan fingerprint density at radius 3 is 2.69 bits per heavy atom. The van der Waals surface area contributed by atoms with Gasteiger partial charge in [-0.25, -0.2) is 19.7 Å². The zero-order valence-electron chi connectivity index (χ0n) is 18.9. The average molecular weight is 491 g/mol. The smallest absolute Gasteiger partial charge is 0.475 e. The number of aromatic amines is 1. The largest absolute Gasteiger partial charge is 0.490 e. The molecule has 0 spiro atoms. The molecule has 4 aromatic heterocycles. The fraction of sp³-hybridized carbons (Fsp3) is 0.364. The number of rotatable bonds is 5. The van der Waals surface area contributed by atoms with Gasteiger partial charge in [-0.3, -0.25) is 0 Å². The van der Waals surface area contributed by atoms with E-state index in [-0.39, 0.29) is 12.1 Å². The molecule has 1 aliphatic carbocycles. The highest BCUT2D eigenvalue weighted by molar-refractivity contribution is 5.96. The van der Waals surface area contributed by atoms with Crippen LogP contribution in [-0.4, -0.2) is 60.9 Å². The van der Waals surface area contributed by atoms with Gasteiger partial charge in [0, 0.05) is 43.5 Å². The van der Waals surface area contributed by atoms with Gasteiger partial charge in [0.05, 0.1) is 30.4 Å². The van der Waals surface area contributed by atoms with Crippen molar-refractivity contribution in [2.75, 3.05) is 12.4 Å². The molecule has 0 amide bonds. The van der Waals surface area contributed by atoms with E-state index in [0.29, 0.717) is 12.3 Å². The van der Waals surface area contributed by atoms with E-state index in [2.05, 4.69) is 32.5 Å². The van der Waals surface area contributed by atoms with Crippen LogP contribution in [0.1, 0.15) is 18.4 Å². The number of aliphatic carboxylic acids is 1. The van der Waals surface area contributed by atoms with Crippen LogP contribution in [0, 0.1) is 0 Å². The average Bonchev–Trinajstić information content (AvgIpc) is 3.41. The maximum absolute atomic E-state index is 10.6. The lowest BCUT2D eigenvalue weighted by Gasteiger charge is -2.33. The molecule has 10 nitrogen and oxygen atoms in total. The van der Waals surface area contributed by atoms with Crippen molar-refractivity contribution < 1.29 is 27.8 Å². The number of aryl methyl sites for hydroxylation is 1. The highest BCUT2D eigenvalue weighted by Crippen LogP contribution is 2.32. The van der Waals surface area contributed by atoms with Crippen molar-refractivity contribution in [2.24, 2.45) is 12.8 Å². The maximum Gasteiger partial charge on any atom is 0.490 e. The first kappa shape index (κ1) is 24.4. The van der Waals surface area contributed by atoms with Crippen LogP contribution < -0.4 is 11.1 Å². The summed E-state index contributed by atoms with van der Waals surface area (Å²) in [5, 5.41) is 11.4. The Morgan fingerprint density at radius 2 is 2.09 bits per heavy atom. The molecule has 2 atom stereocenters. The van der Waals surface area contributed by atoms with Crippen LogP contribution in [-0.2, 0) is 23.2 Å². The number of carbonyl (C=O) groups is 1. The van der Waals surface area contributed by atoms with E-state index < -0.39 is 12.1 Å². The van der Waals surface area contributed by atoms with Crippen molar-refractivity contribution in [1.29, 1.82) is 0 Å². The van der Waals surface area contributed by atoms with Gasteiger partial charge >= 0.3 is 12.1 Å². The second kappa shape index (κ2) is 9.50. The number of hydrogen-bond acceptors (Lipinski definition) is 7. The molecule has 5 N–H and O–H groups in total. The fourth-order valence-electron chi connectivity index (χ4n) is 3.75. The van der Waals surface area contributed by atoms with Crippen molar-refractivity contribution in [2.45, 2.75) is 37.8 Å². The molecule has 5 rings (SSSR count). The number of nitrogens with two attached hydrogens (primary N) is 1. The molecule has 0 bridgehead atoms. The molecule has 0 aliphatic heterocycles. The number of hydrogen-bond donors (Lipinski definition) is 4. The van der Waals surface area contributed by atoms with Crippen LogP contribution >= 0.6 is 0 Å². The fourth-order valence-corrected chi connectivity index (χ4v) is 3.75. The summed E-state index contributed by atoms with van der Waals surface area (Å²) in [5.41, 5.74) is 12.3. The third-order valence-electron chi connectivity index (χ3n) is 5.78. The molecule has 1 aliphatic rings. The molecule has 0 radical (unpaired) electrons. The van der Waals surface area contributed by atoms with Crippen LogP contribution in [0.5, 0.6) is 0 Å². The third kappa shape index (κ3) is 5.05. The Labute approximate surface area is 197 Å². The minimum atomic E-state index is -5.08. The third-order valence-corrected chi connectivity index (χ3v) is 5.78. The number of halogens is 3. The quantitative estimate of drug-likeness (QED) is 0.333. The maximum atomic E-state index is 10.6. The SMILES string of the molecule is CNc1cc(-c2cn(C)c3ncc(COC4CC[C@H]4N)cc23)nc2nc[nH]c12.O=C(O)C(F)(F)F. The summed E-state index contributed by atoms with van der Waals surface area (Å²) in [6.45, 7) is 0.517. The van der Waals surface area contributed by atoms with Crippen LogP contribution in [0.25, 0.3) is 33.5 Å². The normalized spacial score (nSPS) is 17.7. The summed E-state index contributed by atoms with van der Waals surface area (Å²) in [6, 6.07) is 4.33. The van der Waals surface area contributed by atoms with E-state index in [1.54, 1.807) is 6.33 Å². The van der Waals surface area contributed by atoms with E-state index in [1.165, 1.54) is 0 Å². The lowest BCUT2D eigenvalue weighted by Crippen LogP contribution is -2.45. The number of alkyl halides is 3. The van der Waals surface area contributed by atoms with Gasteiger partial charge in [0.2, 0.25) is 0 Å². The molecule has 35 heavy (non-hydrogen) atoms. The molecule has 1 unspecified atom stereocenters. The van der Waals surface area contributed by atoms with Crippen LogP contribution in [0.4, 0.5) is 18.9 Å². The van der Waals surface area contributed by atoms with E-state index in [0.717, 1.165) is 51.9 Å². The van der Waals surface area contributed by atoms with Crippen molar-refractivity contribution in [3.63, 3.8) is 0 Å². The summed E-state index contributed by atoms with van der Waals surface area (Å²) >= 11 is 0. The van der Waals surface area contributed by atoms with E-state index >= 15 is 0 Å². The highest BCUT2D eigenvalue weighted by Gasteiger charge is 2.38. The number of imidazole rings is 1. The summed E-state index contributed by atoms with van der Waals surface area (Å²) in [4.78, 5) is 25.7. The Kier molecular flexibility index (Phi) is 6.63. The molecule has 186 valence electrons. The number of carboxylic acids is 1. The van der Waals surface area contributed by atoms with Gasteiger partial charge < -0.3 is 30.4 Å². The number of H-pyrrole nitrogens is 1. The Morgan fingerprint density at radius 1 is 1.34 bits per heavy atom. The van der Waals surface area contributed by atoms with Gasteiger partial charge in [-0.15, -0.1) is 0 Å². The monoisotopic (exact) mass is 491 g/mol. The second-order valence-electron chi connectivity index (χ2n) is 8.17. The summed E-state index contributed by atoms with van der Waals surface area (Å²) < 4.78 is 39.7. The number of fused-ring (bicyclic) bond motifs is 2. The number of carboxylic acid groups (broad SMARTS) is 1. The molecule has 4 heterocycles. The standard InChI is InChI=1S/C20H23N7O.C2HF3O2/c1-22-16-6-15(26-19-18(16)24-10-25-19)13-8-27(2)20-12(13)5-11(7-23-20)9-28-17-4-3-14(17)21;3-2(4,5)1(6)7/h5-8,10,14,17H,3-4,9,21H2,1-2H3,(H2,22,24,25,26);(H,6,7)/t14-,17?;/m1./s1. The predicted octanol–water partition coefficient (Wildman–Crippen LogP) is 3.19. The topological polar surface area (TPSA) is 144 Å². The number of nitrogens with one attached hydrogen (secondary N) is 2. The molecule has 1 saturated carbocycles. The summed E-state index contributed by atoms with van der Waals surface area (Å²) in [7, 11) is 3.89. The molecule has 1 fully saturated rings. The highest BCUT2D eigenvalue weighted by atomic mass is 19.4. The minimum Gasteiger partial charge on any atom is -0.475 e. The van der Waals surface area contributed by atoms with Crippen molar-refractivity contribution in [1.82, 2.24) is 24.5 Å². The van der Waals surface area contributed by atoms with Crippen LogP contribution in [0.15, 0.2) is 30.9 Å². The van der Waals surface area contributed by atoms with Gasteiger partial charge in [0.1, 0.15) is 11.2 Å². The minimum absolute atomic E-state index is 0.160. The van der Waals surface area contributed by atoms with Crippen molar-refractivity contribution in [3.05, 3.63) is 36.4 Å². The number of anilines is 1. The lowest BCUT2D eigenvalue weighted by molar-refractivity contribution is -0.192. The predicted molar refractivity (Wildman–Crippen MR) is 123 cm³/mol. The van der Waals surface area contributed by atoms with Crippen molar-refractivity contribution in [3.8, 4) is 11.3 Å². The van der Waals surface area contributed by atoms with Gasteiger partial charge in [0.25, 0.3) is 0 Å². The molecule has 4 aromatic rings. The van der Waals surface area contributed by atoms with E-state index in [9.17, 15) is 13.2 Å². The van der Waals surface area contributed by atoms with Gasteiger partial charge in [-0.05, 0) is 30.5 Å².